The summed E-state index contributed by atoms with van der Waals surface area (Å²) in [7, 11) is 0. The van der Waals surface area contributed by atoms with E-state index in [9.17, 15) is 0 Å². The van der Waals surface area contributed by atoms with Gasteiger partial charge in [-0.05, 0) is 37.0 Å². The molecule has 3 rings (SSSR count). The molecule has 0 aromatic heterocycles. The van der Waals surface area contributed by atoms with Gasteiger partial charge in [-0.15, -0.1) is 0 Å². The lowest BCUT2D eigenvalue weighted by atomic mass is 9.99. The largest absolute Gasteiger partial charge is 0.493 e. The van der Waals surface area contributed by atoms with E-state index >= 15 is 0 Å². The number of rotatable bonds is 2. The van der Waals surface area contributed by atoms with Gasteiger partial charge in [0.2, 0.25) is 0 Å². The number of ether oxygens (including phenoxy) is 1. The van der Waals surface area contributed by atoms with Crippen molar-refractivity contribution in [3.63, 3.8) is 0 Å². The summed E-state index contributed by atoms with van der Waals surface area (Å²) in [5, 5.41) is 0. The Balaban J connectivity index is 1.94. The second-order valence-electron chi connectivity index (χ2n) is 5.87. The van der Waals surface area contributed by atoms with Gasteiger partial charge in [-0.25, -0.2) is 0 Å². The topological polar surface area (TPSA) is 21.6 Å². The van der Waals surface area contributed by atoms with Crippen LogP contribution in [0.5, 0.6) is 5.75 Å². The molecule has 0 N–H and O–H groups in total. The fourth-order valence-electron chi connectivity index (χ4n) is 2.65. The predicted octanol–water partition coefficient (Wildman–Crippen LogP) is 4.40. The highest BCUT2D eigenvalue weighted by atomic mass is 16.5. The molecule has 1 heterocycles. The van der Waals surface area contributed by atoms with Crippen LogP contribution in [0.15, 0.2) is 53.5 Å². The van der Waals surface area contributed by atoms with Crippen LogP contribution in [0.25, 0.3) is 0 Å². The van der Waals surface area contributed by atoms with Gasteiger partial charge in [0.25, 0.3) is 0 Å². The van der Waals surface area contributed by atoms with Crippen molar-refractivity contribution in [2.24, 2.45) is 10.9 Å². The predicted molar refractivity (Wildman–Crippen MR) is 87.1 cm³/mol. The molecule has 0 bridgehead atoms. The van der Waals surface area contributed by atoms with E-state index in [2.05, 4.69) is 56.3 Å². The fourth-order valence-corrected chi connectivity index (χ4v) is 2.65. The summed E-state index contributed by atoms with van der Waals surface area (Å²) in [5.74, 6) is 1.46. The Bertz CT molecular complexity index is 646. The molecule has 0 fully saturated rings. The van der Waals surface area contributed by atoms with E-state index in [0.29, 0.717) is 5.92 Å². The number of hydrogen-bond acceptors (Lipinski definition) is 2. The zero-order valence-corrected chi connectivity index (χ0v) is 12.7. The molecule has 0 amide bonds. The lowest BCUT2D eigenvalue weighted by Gasteiger charge is -2.09. The molecule has 0 aliphatic carbocycles. The van der Waals surface area contributed by atoms with Gasteiger partial charge in [0.15, 0.2) is 0 Å². The minimum absolute atomic E-state index is 0.493. The van der Waals surface area contributed by atoms with Gasteiger partial charge in [-0.1, -0.05) is 48.9 Å². The third kappa shape index (κ3) is 3.33. The highest BCUT2D eigenvalue weighted by Gasteiger charge is 2.19. The normalized spacial score (nSPS) is 19.7. The third-order valence-electron chi connectivity index (χ3n) is 3.81. The molecule has 1 aliphatic rings. The molecule has 108 valence electrons. The Morgan fingerprint density at radius 3 is 2.76 bits per heavy atom. The first kappa shape index (κ1) is 13.9. The summed E-state index contributed by atoms with van der Waals surface area (Å²) in [5.41, 5.74) is 4.83. The minimum Gasteiger partial charge on any atom is -0.493 e. The first-order chi connectivity index (χ1) is 10.2. The van der Waals surface area contributed by atoms with Crippen LogP contribution in [0.1, 0.15) is 30.0 Å². The summed E-state index contributed by atoms with van der Waals surface area (Å²) >= 11 is 0. The van der Waals surface area contributed by atoms with Gasteiger partial charge in [0.1, 0.15) is 5.75 Å². The van der Waals surface area contributed by atoms with Crippen LogP contribution >= 0.6 is 0 Å². The van der Waals surface area contributed by atoms with Crippen molar-refractivity contribution in [1.82, 2.24) is 0 Å². The van der Waals surface area contributed by atoms with E-state index in [1.807, 2.05) is 6.07 Å². The molecular weight excluding hydrogens is 258 g/mol. The van der Waals surface area contributed by atoms with E-state index in [4.69, 9.17) is 9.73 Å². The van der Waals surface area contributed by atoms with Crippen LogP contribution in [0.2, 0.25) is 0 Å². The van der Waals surface area contributed by atoms with E-state index in [-0.39, 0.29) is 0 Å². The van der Waals surface area contributed by atoms with E-state index in [0.717, 1.165) is 30.9 Å². The fraction of sp³-hybridized carbons (Fsp3) is 0.316. The van der Waals surface area contributed by atoms with Crippen LogP contribution in [0, 0.1) is 12.8 Å². The Kier molecular flexibility index (Phi) is 4.05. The summed E-state index contributed by atoms with van der Waals surface area (Å²) in [6, 6.07) is 16.8. The second-order valence-corrected chi connectivity index (χ2v) is 5.87. The van der Waals surface area contributed by atoms with Gasteiger partial charge in [-0.3, -0.25) is 4.99 Å². The van der Waals surface area contributed by atoms with Gasteiger partial charge < -0.3 is 4.74 Å². The molecule has 0 radical (unpaired) electrons. The zero-order valence-electron chi connectivity index (χ0n) is 12.7. The van der Waals surface area contributed by atoms with Gasteiger partial charge in [-0.2, -0.15) is 0 Å². The highest BCUT2D eigenvalue weighted by molar-refractivity contribution is 6.03. The minimum atomic E-state index is 0.493. The molecular formula is C19H21NO. The van der Waals surface area contributed by atoms with Crippen molar-refractivity contribution in [3.05, 3.63) is 65.2 Å². The highest BCUT2D eigenvalue weighted by Crippen LogP contribution is 2.28. The molecule has 21 heavy (non-hydrogen) atoms. The van der Waals surface area contributed by atoms with Crippen LogP contribution in [0.3, 0.4) is 0 Å². The maximum absolute atomic E-state index is 5.92. The zero-order chi connectivity index (χ0) is 14.7. The van der Waals surface area contributed by atoms with Crippen molar-refractivity contribution in [1.29, 1.82) is 0 Å². The quantitative estimate of drug-likeness (QED) is 0.798. The molecule has 2 heteroatoms. The molecule has 2 nitrogen and oxygen atoms in total. The Morgan fingerprint density at radius 2 is 1.95 bits per heavy atom. The number of benzene rings is 2. The van der Waals surface area contributed by atoms with Gasteiger partial charge >= 0.3 is 0 Å². The lowest BCUT2D eigenvalue weighted by molar-refractivity contribution is 0.269. The van der Waals surface area contributed by atoms with Crippen molar-refractivity contribution in [2.75, 3.05) is 6.61 Å². The number of hydrogen-bond donors (Lipinski definition) is 0. The maximum Gasteiger partial charge on any atom is 0.128 e. The van der Waals surface area contributed by atoms with Crippen LogP contribution in [-0.2, 0) is 6.54 Å². The third-order valence-corrected chi connectivity index (χ3v) is 3.81. The second kappa shape index (κ2) is 6.13. The molecule has 1 atom stereocenters. The lowest BCUT2D eigenvalue weighted by Crippen LogP contribution is -2.09. The van der Waals surface area contributed by atoms with E-state index in [1.165, 1.54) is 16.8 Å². The van der Waals surface area contributed by atoms with Crippen LogP contribution in [-0.4, -0.2) is 12.3 Å². The molecule has 0 saturated carbocycles. The van der Waals surface area contributed by atoms with E-state index in [1.54, 1.807) is 0 Å². The number of aryl methyl sites for hydroxylation is 1. The number of nitrogens with zero attached hydrogens (tertiary/aromatic N) is 1. The summed E-state index contributed by atoms with van der Waals surface area (Å²) in [4.78, 5) is 4.88. The van der Waals surface area contributed by atoms with Crippen molar-refractivity contribution >= 4 is 5.71 Å². The van der Waals surface area contributed by atoms with Crippen LogP contribution < -0.4 is 4.74 Å². The average molecular weight is 279 g/mol. The average Bonchev–Trinajstić information content (AvgIpc) is 2.65. The Hall–Kier alpha value is -2.09. The molecule has 1 aliphatic heterocycles. The monoisotopic (exact) mass is 279 g/mol. The molecule has 0 saturated heterocycles. The van der Waals surface area contributed by atoms with Gasteiger partial charge in [0.05, 0.1) is 13.2 Å². The van der Waals surface area contributed by atoms with Crippen LogP contribution in [0.4, 0.5) is 0 Å². The first-order valence-electron chi connectivity index (χ1n) is 7.53. The molecule has 2 aromatic rings. The van der Waals surface area contributed by atoms with Crippen molar-refractivity contribution in [3.8, 4) is 5.75 Å². The summed E-state index contributed by atoms with van der Waals surface area (Å²) in [6.45, 7) is 5.83. The van der Waals surface area contributed by atoms with E-state index < -0.39 is 0 Å². The number of aliphatic imine (C=N–C) groups is 1. The first-order valence-corrected chi connectivity index (χ1v) is 7.53. The van der Waals surface area contributed by atoms with Crippen molar-refractivity contribution < 1.29 is 4.74 Å². The SMILES string of the molecule is Cc1ccc2c(c1)C(=NCc1ccccc1)C[C@H](C)CO2. The summed E-state index contributed by atoms with van der Waals surface area (Å²) < 4.78 is 5.92. The van der Waals surface area contributed by atoms with Gasteiger partial charge in [0, 0.05) is 11.3 Å². The number of fused-ring (bicyclic) bond motifs is 1. The smallest absolute Gasteiger partial charge is 0.128 e. The molecule has 0 spiro atoms. The standard InChI is InChI=1S/C19H21NO/c1-14-8-9-19-17(10-14)18(11-15(2)13-21-19)20-12-16-6-4-3-5-7-16/h3-10,15H,11-13H2,1-2H3/t15-/m0/s1. The molecule has 2 aromatic carbocycles. The summed E-state index contributed by atoms with van der Waals surface area (Å²) in [6.07, 6.45) is 0.975. The Labute approximate surface area is 126 Å². The molecule has 0 unspecified atom stereocenters. The Morgan fingerprint density at radius 1 is 1.14 bits per heavy atom. The van der Waals surface area contributed by atoms with Crippen molar-refractivity contribution in [2.45, 2.75) is 26.8 Å². The maximum atomic E-state index is 5.92.